The number of carbonyl (C=O) groups is 1. The van der Waals surface area contributed by atoms with Crippen LogP contribution >= 0.6 is 0 Å². The Hall–Kier alpha value is -2.72. The normalized spacial score (nSPS) is 12.0. The molecule has 11 heteroatoms. The molecule has 1 aromatic heterocycles. The second kappa shape index (κ2) is 6.65. The minimum atomic E-state index is -4.83. The number of hydrogen-bond acceptors (Lipinski definition) is 3. The number of alkyl halides is 6. The number of rotatable bonds is 6. The van der Waals surface area contributed by atoms with Gasteiger partial charge in [0.15, 0.2) is 0 Å². The van der Waals surface area contributed by atoms with Gasteiger partial charge in [-0.1, -0.05) is 12.1 Å². The average molecular weight is 367 g/mol. The topological polar surface area (TPSA) is 70.1 Å². The van der Waals surface area contributed by atoms with E-state index in [-0.39, 0.29) is 11.3 Å². The summed E-state index contributed by atoms with van der Waals surface area (Å²) < 4.78 is 82.1. The molecule has 5 nitrogen and oxygen atoms in total. The molecule has 0 aliphatic rings. The minimum Gasteiger partial charge on any atom is -0.428 e. The number of ether oxygens (including phenoxy) is 1. The Balaban J connectivity index is 2.67. The number of amides is 1. The van der Waals surface area contributed by atoms with E-state index < -0.39 is 41.9 Å². The van der Waals surface area contributed by atoms with E-state index in [1.54, 1.807) is 0 Å². The third-order valence-corrected chi connectivity index (χ3v) is 3.17. The van der Waals surface area contributed by atoms with Crippen molar-refractivity contribution in [1.29, 1.82) is 0 Å². The van der Waals surface area contributed by atoms with Crippen molar-refractivity contribution < 1.29 is 35.9 Å². The third-order valence-electron chi connectivity index (χ3n) is 3.17. The zero-order valence-electron chi connectivity index (χ0n) is 12.5. The number of aryl methyl sites for hydroxylation is 1. The van der Waals surface area contributed by atoms with E-state index in [1.807, 2.05) is 0 Å². The molecule has 136 valence electrons. The van der Waals surface area contributed by atoms with Gasteiger partial charge < -0.3 is 10.5 Å². The fourth-order valence-electron chi connectivity index (χ4n) is 2.19. The van der Waals surface area contributed by atoms with Gasteiger partial charge in [0, 0.05) is 12.6 Å². The molecule has 25 heavy (non-hydrogen) atoms. The molecule has 1 heterocycles. The molecule has 0 spiro atoms. The van der Waals surface area contributed by atoms with E-state index in [0.29, 0.717) is 0 Å². The Morgan fingerprint density at radius 1 is 1.24 bits per heavy atom. The zero-order valence-corrected chi connectivity index (χ0v) is 12.5. The van der Waals surface area contributed by atoms with Crippen LogP contribution in [0.4, 0.5) is 26.3 Å². The fraction of sp³-hybridized carbons (Fsp3) is 0.286. The van der Waals surface area contributed by atoms with Crippen LogP contribution in [0.2, 0.25) is 0 Å². The maximum absolute atomic E-state index is 13.2. The monoisotopic (exact) mass is 367 g/mol. The molecule has 0 saturated carbocycles. The Morgan fingerprint density at radius 2 is 1.84 bits per heavy atom. The van der Waals surface area contributed by atoms with Crippen molar-refractivity contribution in [2.24, 2.45) is 12.8 Å². The van der Waals surface area contributed by atoms with E-state index in [2.05, 4.69) is 9.84 Å². The van der Waals surface area contributed by atoms with Gasteiger partial charge in [0.25, 0.3) is 12.3 Å². The van der Waals surface area contributed by atoms with Gasteiger partial charge in [-0.2, -0.15) is 22.7 Å². The first-order chi connectivity index (χ1) is 11.6. The smallest absolute Gasteiger partial charge is 0.428 e. The van der Waals surface area contributed by atoms with Crippen LogP contribution in [0.25, 0.3) is 11.3 Å². The SMILES string of the molecule is Cn1nc(C(F)F)c(C(N)=O)c1-c1ccccc1OC(F)(F)C(F)F. The summed E-state index contributed by atoms with van der Waals surface area (Å²) in [7, 11) is 1.16. The molecular weight excluding hydrogens is 356 g/mol. The second-order valence-corrected chi connectivity index (χ2v) is 4.86. The number of halogens is 6. The van der Waals surface area contributed by atoms with Gasteiger partial charge in [-0.3, -0.25) is 9.48 Å². The summed E-state index contributed by atoms with van der Waals surface area (Å²) in [5.41, 5.74) is 2.74. The van der Waals surface area contributed by atoms with Gasteiger partial charge >= 0.3 is 12.5 Å². The van der Waals surface area contributed by atoms with Gasteiger partial charge in [0.2, 0.25) is 0 Å². The Morgan fingerprint density at radius 3 is 2.36 bits per heavy atom. The first-order valence-electron chi connectivity index (χ1n) is 6.65. The summed E-state index contributed by atoms with van der Waals surface area (Å²) >= 11 is 0. The molecule has 0 radical (unpaired) electrons. The average Bonchev–Trinajstić information content (AvgIpc) is 2.85. The summed E-state index contributed by atoms with van der Waals surface area (Å²) in [6.45, 7) is 0. The van der Waals surface area contributed by atoms with E-state index >= 15 is 0 Å². The lowest BCUT2D eigenvalue weighted by Gasteiger charge is -2.19. The standard InChI is InChI=1S/C14H11F6N3O2/c1-23-10(8(12(21)24)9(22-23)11(15)16)6-4-2-3-5-7(6)25-14(19,20)13(17)18/h2-5,11,13H,1H3,(H2,21,24). The van der Waals surface area contributed by atoms with Crippen LogP contribution in [0.1, 0.15) is 22.5 Å². The summed E-state index contributed by atoms with van der Waals surface area (Å²) in [5.74, 6) is -2.03. The van der Waals surface area contributed by atoms with Crippen molar-refractivity contribution in [1.82, 2.24) is 9.78 Å². The van der Waals surface area contributed by atoms with Crippen LogP contribution in [0, 0.1) is 0 Å². The lowest BCUT2D eigenvalue weighted by atomic mass is 10.0. The number of aromatic nitrogens is 2. The maximum Gasteiger partial charge on any atom is 0.461 e. The van der Waals surface area contributed by atoms with Gasteiger partial charge in [-0.15, -0.1) is 0 Å². The largest absolute Gasteiger partial charge is 0.461 e. The van der Waals surface area contributed by atoms with Crippen molar-refractivity contribution in [3.8, 4) is 17.0 Å². The highest BCUT2D eigenvalue weighted by Crippen LogP contribution is 2.38. The lowest BCUT2D eigenvalue weighted by molar-refractivity contribution is -0.253. The van der Waals surface area contributed by atoms with Gasteiger partial charge in [-0.05, 0) is 12.1 Å². The molecule has 1 aromatic carbocycles. The van der Waals surface area contributed by atoms with Crippen LogP contribution in [-0.4, -0.2) is 28.2 Å². The predicted molar refractivity (Wildman–Crippen MR) is 73.7 cm³/mol. The summed E-state index contributed by atoms with van der Waals surface area (Å²) in [5, 5.41) is 3.46. The van der Waals surface area contributed by atoms with Crippen LogP contribution in [0.3, 0.4) is 0 Å². The number of nitrogens with zero attached hydrogens (tertiary/aromatic N) is 2. The number of carbonyl (C=O) groups excluding carboxylic acids is 1. The number of nitrogens with two attached hydrogens (primary N) is 1. The number of primary amides is 1. The van der Waals surface area contributed by atoms with E-state index in [4.69, 9.17) is 5.73 Å². The van der Waals surface area contributed by atoms with Crippen molar-refractivity contribution in [3.05, 3.63) is 35.5 Å². The molecule has 0 atom stereocenters. The fourth-order valence-corrected chi connectivity index (χ4v) is 2.19. The molecular formula is C14H11F6N3O2. The van der Waals surface area contributed by atoms with Crippen LogP contribution in [0.15, 0.2) is 24.3 Å². The molecule has 1 amide bonds. The second-order valence-electron chi connectivity index (χ2n) is 4.86. The quantitative estimate of drug-likeness (QED) is 0.796. The van der Waals surface area contributed by atoms with Gasteiger partial charge in [0.05, 0.1) is 11.3 Å². The van der Waals surface area contributed by atoms with E-state index in [1.165, 1.54) is 12.1 Å². The van der Waals surface area contributed by atoms with Crippen LogP contribution in [0.5, 0.6) is 5.75 Å². The molecule has 0 fully saturated rings. The van der Waals surface area contributed by atoms with Gasteiger partial charge in [-0.25, -0.2) is 8.78 Å². The maximum atomic E-state index is 13.2. The molecule has 0 unspecified atom stereocenters. The molecule has 2 rings (SSSR count). The highest BCUT2D eigenvalue weighted by molar-refractivity contribution is 6.01. The first kappa shape index (κ1) is 18.6. The predicted octanol–water partition coefficient (Wildman–Crippen LogP) is 3.36. The number of hydrogen-bond donors (Lipinski definition) is 1. The Bertz CT molecular complexity index is 791. The van der Waals surface area contributed by atoms with Crippen molar-refractivity contribution in [3.63, 3.8) is 0 Å². The minimum absolute atomic E-state index is 0.321. The number of benzene rings is 1. The zero-order chi connectivity index (χ0) is 18.9. The summed E-state index contributed by atoms with van der Waals surface area (Å²) in [4.78, 5) is 11.6. The molecule has 2 N–H and O–H groups in total. The van der Waals surface area contributed by atoms with Crippen LogP contribution in [-0.2, 0) is 7.05 Å². The highest BCUT2D eigenvalue weighted by atomic mass is 19.3. The molecule has 2 aromatic rings. The molecule has 0 bridgehead atoms. The molecule has 0 aliphatic carbocycles. The third kappa shape index (κ3) is 3.54. The first-order valence-corrected chi connectivity index (χ1v) is 6.65. The van der Waals surface area contributed by atoms with Crippen LogP contribution < -0.4 is 10.5 Å². The number of para-hydroxylation sites is 1. The highest BCUT2D eigenvalue weighted by Gasteiger charge is 2.44. The van der Waals surface area contributed by atoms with Crippen molar-refractivity contribution in [2.45, 2.75) is 19.0 Å². The molecule has 0 saturated heterocycles. The lowest BCUT2D eigenvalue weighted by Crippen LogP contribution is -2.33. The summed E-state index contributed by atoms with van der Waals surface area (Å²) in [6.07, 6.45) is -12.1. The van der Waals surface area contributed by atoms with E-state index in [9.17, 15) is 31.1 Å². The van der Waals surface area contributed by atoms with Crippen molar-refractivity contribution in [2.75, 3.05) is 0 Å². The Labute approximate surface area is 137 Å². The van der Waals surface area contributed by atoms with Crippen molar-refractivity contribution >= 4 is 5.91 Å². The van der Waals surface area contributed by atoms with Gasteiger partial charge in [0.1, 0.15) is 11.4 Å². The molecule has 0 aliphatic heterocycles. The summed E-state index contributed by atoms with van der Waals surface area (Å²) in [6, 6.07) is 4.55. The van der Waals surface area contributed by atoms with E-state index in [0.717, 1.165) is 23.9 Å². The Kier molecular flexibility index (Phi) is 4.95.